The average molecular weight is 262 g/mol. The van der Waals surface area contributed by atoms with Gasteiger partial charge in [-0.1, -0.05) is 24.3 Å². The van der Waals surface area contributed by atoms with E-state index >= 15 is 0 Å². The van der Waals surface area contributed by atoms with Crippen molar-refractivity contribution in [2.24, 2.45) is 0 Å². The fourth-order valence-electron chi connectivity index (χ4n) is 1.82. The van der Waals surface area contributed by atoms with Crippen LogP contribution in [0.2, 0.25) is 0 Å². The summed E-state index contributed by atoms with van der Waals surface area (Å²) < 4.78 is 5.21. The number of nitrogens with zero attached hydrogens (tertiary/aromatic N) is 1. The first-order chi connectivity index (χ1) is 8.81. The Morgan fingerprint density at radius 1 is 1.33 bits per heavy atom. The summed E-state index contributed by atoms with van der Waals surface area (Å²) in [7, 11) is 1.72. The van der Waals surface area contributed by atoms with Crippen LogP contribution in [0.15, 0.2) is 35.8 Å². The SMILES string of the molecule is COCc1ccccc1CNC(C)c1nccs1. The van der Waals surface area contributed by atoms with Crippen molar-refractivity contribution in [2.75, 3.05) is 7.11 Å². The largest absolute Gasteiger partial charge is 0.380 e. The molecule has 0 saturated carbocycles. The van der Waals surface area contributed by atoms with Crippen molar-refractivity contribution in [1.29, 1.82) is 0 Å². The van der Waals surface area contributed by atoms with E-state index in [1.54, 1.807) is 18.4 Å². The molecule has 0 fully saturated rings. The lowest BCUT2D eigenvalue weighted by molar-refractivity contribution is 0.184. The highest BCUT2D eigenvalue weighted by Crippen LogP contribution is 2.16. The lowest BCUT2D eigenvalue weighted by Gasteiger charge is -2.13. The molecule has 18 heavy (non-hydrogen) atoms. The van der Waals surface area contributed by atoms with Gasteiger partial charge in [0, 0.05) is 25.2 Å². The molecule has 0 amide bonds. The second-order valence-corrected chi connectivity index (χ2v) is 5.10. The Balaban J connectivity index is 1.97. The number of benzene rings is 1. The Labute approximate surface area is 112 Å². The topological polar surface area (TPSA) is 34.1 Å². The van der Waals surface area contributed by atoms with E-state index in [1.165, 1.54) is 11.1 Å². The summed E-state index contributed by atoms with van der Waals surface area (Å²) in [6, 6.07) is 8.62. The molecule has 1 unspecified atom stereocenters. The van der Waals surface area contributed by atoms with Gasteiger partial charge in [0.1, 0.15) is 5.01 Å². The van der Waals surface area contributed by atoms with Gasteiger partial charge in [-0.25, -0.2) is 4.98 Å². The molecule has 0 aliphatic heterocycles. The Hall–Kier alpha value is -1.23. The van der Waals surface area contributed by atoms with Crippen LogP contribution in [0.1, 0.15) is 29.1 Å². The third-order valence-corrected chi connectivity index (χ3v) is 3.80. The third-order valence-electron chi connectivity index (χ3n) is 2.84. The van der Waals surface area contributed by atoms with Gasteiger partial charge in [-0.05, 0) is 18.1 Å². The molecule has 0 bridgehead atoms. The van der Waals surface area contributed by atoms with Crippen LogP contribution in [0, 0.1) is 0 Å². The van der Waals surface area contributed by atoms with Crippen LogP contribution in [-0.2, 0) is 17.9 Å². The zero-order valence-corrected chi connectivity index (χ0v) is 11.5. The number of hydrogen-bond acceptors (Lipinski definition) is 4. The van der Waals surface area contributed by atoms with E-state index in [-0.39, 0.29) is 6.04 Å². The summed E-state index contributed by atoms with van der Waals surface area (Å²) >= 11 is 1.68. The fraction of sp³-hybridized carbons (Fsp3) is 0.357. The Bertz CT molecular complexity index is 470. The number of aromatic nitrogens is 1. The van der Waals surface area contributed by atoms with E-state index in [0.29, 0.717) is 6.61 Å². The highest BCUT2D eigenvalue weighted by molar-refractivity contribution is 7.09. The number of hydrogen-bond donors (Lipinski definition) is 1. The standard InChI is InChI=1S/C14H18N2OS/c1-11(14-15-7-8-18-14)16-9-12-5-3-4-6-13(12)10-17-2/h3-8,11,16H,9-10H2,1-2H3. The molecule has 0 aliphatic rings. The van der Waals surface area contributed by atoms with Crippen LogP contribution in [-0.4, -0.2) is 12.1 Å². The predicted octanol–water partition coefficient (Wildman–Crippen LogP) is 3.14. The molecule has 1 N–H and O–H groups in total. The molecule has 0 spiro atoms. The molecule has 96 valence electrons. The summed E-state index contributed by atoms with van der Waals surface area (Å²) in [5.74, 6) is 0. The zero-order valence-electron chi connectivity index (χ0n) is 10.7. The normalized spacial score (nSPS) is 12.6. The lowest BCUT2D eigenvalue weighted by Crippen LogP contribution is -2.18. The Morgan fingerprint density at radius 2 is 2.11 bits per heavy atom. The molecule has 1 aromatic heterocycles. The first-order valence-electron chi connectivity index (χ1n) is 5.99. The predicted molar refractivity (Wildman–Crippen MR) is 74.5 cm³/mol. The molecule has 0 radical (unpaired) electrons. The minimum atomic E-state index is 0.278. The molecule has 1 aromatic carbocycles. The van der Waals surface area contributed by atoms with E-state index in [0.717, 1.165) is 11.6 Å². The van der Waals surface area contributed by atoms with Crippen molar-refractivity contribution in [1.82, 2.24) is 10.3 Å². The zero-order chi connectivity index (χ0) is 12.8. The monoisotopic (exact) mass is 262 g/mol. The maximum Gasteiger partial charge on any atom is 0.109 e. The van der Waals surface area contributed by atoms with Gasteiger partial charge < -0.3 is 10.1 Å². The highest BCUT2D eigenvalue weighted by Gasteiger charge is 2.08. The van der Waals surface area contributed by atoms with Crippen molar-refractivity contribution in [3.63, 3.8) is 0 Å². The van der Waals surface area contributed by atoms with Crippen LogP contribution in [0.5, 0.6) is 0 Å². The van der Waals surface area contributed by atoms with E-state index in [2.05, 4.69) is 35.4 Å². The highest BCUT2D eigenvalue weighted by atomic mass is 32.1. The first kappa shape index (κ1) is 13.2. The van der Waals surface area contributed by atoms with Gasteiger partial charge in [-0.2, -0.15) is 0 Å². The molecular weight excluding hydrogens is 244 g/mol. The molecule has 0 saturated heterocycles. The molecule has 0 aliphatic carbocycles. The van der Waals surface area contributed by atoms with E-state index < -0.39 is 0 Å². The van der Waals surface area contributed by atoms with Gasteiger partial charge in [0.05, 0.1) is 12.6 Å². The smallest absolute Gasteiger partial charge is 0.109 e. The number of ether oxygens (including phenoxy) is 1. The van der Waals surface area contributed by atoms with E-state index in [1.807, 2.05) is 17.6 Å². The molecule has 2 aromatic rings. The maximum absolute atomic E-state index is 5.21. The van der Waals surface area contributed by atoms with E-state index in [9.17, 15) is 0 Å². The minimum absolute atomic E-state index is 0.278. The summed E-state index contributed by atoms with van der Waals surface area (Å²) in [5.41, 5.74) is 2.52. The first-order valence-corrected chi connectivity index (χ1v) is 6.87. The average Bonchev–Trinajstić information content (AvgIpc) is 2.92. The summed E-state index contributed by atoms with van der Waals surface area (Å²) in [6.07, 6.45) is 1.84. The van der Waals surface area contributed by atoms with Crippen LogP contribution >= 0.6 is 11.3 Å². The van der Waals surface area contributed by atoms with Crippen LogP contribution in [0.25, 0.3) is 0 Å². The minimum Gasteiger partial charge on any atom is -0.380 e. The number of thiazole rings is 1. The van der Waals surface area contributed by atoms with E-state index in [4.69, 9.17) is 4.74 Å². The Kier molecular flexibility index (Phi) is 4.87. The number of methoxy groups -OCH3 is 1. The van der Waals surface area contributed by atoms with Gasteiger partial charge in [-0.3, -0.25) is 0 Å². The molecule has 4 heteroatoms. The van der Waals surface area contributed by atoms with Gasteiger partial charge in [0.2, 0.25) is 0 Å². The van der Waals surface area contributed by atoms with Gasteiger partial charge >= 0.3 is 0 Å². The quantitative estimate of drug-likeness (QED) is 0.868. The molecule has 2 rings (SSSR count). The molecule has 1 atom stereocenters. The number of rotatable bonds is 6. The van der Waals surface area contributed by atoms with Crippen molar-refractivity contribution < 1.29 is 4.74 Å². The van der Waals surface area contributed by atoms with Gasteiger partial charge in [0.15, 0.2) is 0 Å². The second-order valence-electron chi connectivity index (χ2n) is 4.17. The third kappa shape index (κ3) is 3.38. The maximum atomic E-state index is 5.21. The summed E-state index contributed by atoms with van der Waals surface area (Å²) in [6.45, 7) is 3.63. The molecule has 1 heterocycles. The lowest BCUT2D eigenvalue weighted by atomic mass is 10.1. The van der Waals surface area contributed by atoms with Gasteiger partial charge in [0.25, 0.3) is 0 Å². The Morgan fingerprint density at radius 3 is 2.78 bits per heavy atom. The summed E-state index contributed by atoms with van der Waals surface area (Å²) in [5, 5.41) is 6.62. The molecular formula is C14H18N2OS. The van der Waals surface area contributed by atoms with Crippen LogP contribution in [0.3, 0.4) is 0 Å². The molecule has 3 nitrogen and oxygen atoms in total. The van der Waals surface area contributed by atoms with Crippen molar-refractivity contribution in [3.8, 4) is 0 Å². The fourth-order valence-corrected chi connectivity index (χ4v) is 2.50. The summed E-state index contributed by atoms with van der Waals surface area (Å²) in [4.78, 5) is 4.32. The second kappa shape index (κ2) is 6.64. The van der Waals surface area contributed by atoms with Crippen LogP contribution in [0.4, 0.5) is 0 Å². The van der Waals surface area contributed by atoms with Crippen molar-refractivity contribution >= 4 is 11.3 Å². The van der Waals surface area contributed by atoms with Gasteiger partial charge in [-0.15, -0.1) is 11.3 Å². The van der Waals surface area contributed by atoms with Crippen molar-refractivity contribution in [2.45, 2.75) is 26.1 Å². The van der Waals surface area contributed by atoms with Crippen molar-refractivity contribution in [3.05, 3.63) is 52.0 Å². The number of nitrogens with one attached hydrogen (secondary N) is 1. The van der Waals surface area contributed by atoms with Crippen LogP contribution < -0.4 is 5.32 Å².